The van der Waals surface area contributed by atoms with Crippen LogP contribution in [0.2, 0.25) is 0 Å². The Kier molecular flexibility index (Phi) is 5.69. The average Bonchev–Trinajstić information content (AvgIpc) is 3.38. The number of hydrogen-bond donors (Lipinski definition) is 0. The zero-order valence-electron chi connectivity index (χ0n) is 22.5. The number of hydrogen-bond acceptors (Lipinski definition) is 1. The normalized spacial score (nSPS) is 15.2. The first-order chi connectivity index (χ1) is 17.4. The van der Waals surface area contributed by atoms with Crippen LogP contribution in [-0.2, 0) is 12.8 Å². The fraction of sp³-hybridized carbons (Fsp3) is 0.294. The van der Waals surface area contributed by atoms with E-state index in [4.69, 9.17) is 0 Å². The van der Waals surface area contributed by atoms with E-state index in [1.807, 2.05) is 0 Å². The summed E-state index contributed by atoms with van der Waals surface area (Å²) in [4.78, 5) is 2.76. The van der Waals surface area contributed by atoms with Crippen molar-refractivity contribution in [2.45, 2.75) is 66.5 Å². The molecule has 4 aromatic carbocycles. The Morgan fingerprint density at radius 1 is 0.583 bits per heavy atom. The van der Waals surface area contributed by atoms with Crippen LogP contribution in [0.25, 0.3) is 32.5 Å². The highest BCUT2D eigenvalue weighted by Crippen LogP contribution is 2.47. The van der Waals surface area contributed by atoms with Crippen LogP contribution in [0.1, 0.15) is 63.8 Å². The van der Waals surface area contributed by atoms with E-state index in [1.54, 1.807) is 0 Å². The van der Waals surface area contributed by atoms with Crippen LogP contribution in [-0.4, -0.2) is 23.7 Å². The maximum absolute atomic E-state index is 2.76. The molecule has 0 aromatic heterocycles. The van der Waals surface area contributed by atoms with Gasteiger partial charge in [0.2, 0.25) is 0 Å². The second-order valence-corrected chi connectivity index (χ2v) is 11.4. The molecule has 180 valence electrons. The van der Waals surface area contributed by atoms with E-state index in [0.717, 1.165) is 12.8 Å². The van der Waals surface area contributed by atoms with Crippen LogP contribution in [0.3, 0.4) is 0 Å². The van der Waals surface area contributed by atoms with E-state index in [9.17, 15) is 0 Å². The molecule has 6 rings (SSSR count). The maximum Gasteiger partial charge on any atom is 0.293 e. The van der Waals surface area contributed by atoms with Gasteiger partial charge in [0.15, 0.2) is 0 Å². The van der Waals surface area contributed by atoms with E-state index < -0.39 is 0 Å². The van der Waals surface area contributed by atoms with Crippen molar-refractivity contribution in [2.24, 2.45) is 0 Å². The van der Waals surface area contributed by atoms with Crippen molar-refractivity contribution in [2.75, 3.05) is 0 Å². The number of rotatable bonds is 5. The van der Waals surface area contributed by atoms with E-state index in [0.29, 0.717) is 12.1 Å². The average molecular weight is 469 g/mol. The first kappa shape index (κ1) is 23.3. The van der Waals surface area contributed by atoms with Gasteiger partial charge >= 0.3 is 0 Å². The Bertz CT molecular complexity index is 1450. The molecule has 0 saturated heterocycles. The molecule has 0 spiro atoms. The third-order valence-electron chi connectivity index (χ3n) is 8.50. The smallest absolute Gasteiger partial charge is 0.293 e. The molecule has 0 aliphatic heterocycles. The van der Waals surface area contributed by atoms with Gasteiger partial charge in [-0.2, -0.15) is 0 Å². The first-order valence-electron chi connectivity index (χ1n) is 13.6. The maximum atomic E-state index is 2.76. The third kappa shape index (κ3) is 3.50. The molecule has 0 heterocycles. The summed E-state index contributed by atoms with van der Waals surface area (Å²) in [6.45, 7) is 14.5. The number of nitrogens with zero attached hydrogens (tertiary/aromatic N) is 1. The zero-order chi connectivity index (χ0) is 25.1. The Morgan fingerprint density at radius 2 is 1.00 bits per heavy atom. The second kappa shape index (κ2) is 8.78. The van der Waals surface area contributed by atoms with Crippen molar-refractivity contribution in [3.8, 4) is 0 Å². The minimum absolute atomic E-state index is 0.245. The van der Waals surface area contributed by atoms with E-state index in [1.165, 1.54) is 65.9 Å². The fourth-order valence-electron chi connectivity index (χ4n) is 7.13. The van der Waals surface area contributed by atoms with Crippen LogP contribution in [0, 0.1) is 0 Å². The highest BCUT2D eigenvalue weighted by atomic mass is 15.1. The highest BCUT2D eigenvalue weighted by Gasteiger charge is 2.42. The van der Waals surface area contributed by atoms with Gasteiger partial charge in [-0.05, 0) is 82.6 Å². The van der Waals surface area contributed by atoms with Gasteiger partial charge in [0.1, 0.15) is 0 Å². The number of allylic oxidation sites excluding steroid dienone is 2. The van der Waals surface area contributed by atoms with Crippen molar-refractivity contribution in [1.29, 1.82) is 0 Å². The first-order valence-corrected chi connectivity index (χ1v) is 13.6. The van der Waals surface area contributed by atoms with E-state index >= 15 is 0 Å². The molecule has 0 atom stereocenters. The summed E-state index contributed by atoms with van der Waals surface area (Å²) in [7, 11) is 0. The van der Waals surface area contributed by atoms with Gasteiger partial charge in [0.25, 0.3) is 6.85 Å². The second-order valence-electron chi connectivity index (χ2n) is 11.4. The van der Waals surface area contributed by atoms with Crippen LogP contribution in [0.5, 0.6) is 0 Å². The molecule has 0 bridgehead atoms. The van der Waals surface area contributed by atoms with Crippen LogP contribution >= 0.6 is 0 Å². The van der Waals surface area contributed by atoms with Crippen molar-refractivity contribution >= 4 is 39.3 Å². The lowest BCUT2D eigenvalue weighted by molar-refractivity contribution is 0.310. The van der Waals surface area contributed by atoms with Gasteiger partial charge in [0, 0.05) is 0 Å². The lowest BCUT2D eigenvalue weighted by Gasteiger charge is -2.39. The number of benzene rings is 4. The van der Waals surface area contributed by atoms with Crippen molar-refractivity contribution in [3.63, 3.8) is 0 Å². The predicted molar refractivity (Wildman–Crippen MR) is 158 cm³/mol. The fourth-order valence-corrected chi connectivity index (χ4v) is 7.13. The third-order valence-corrected chi connectivity index (χ3v) is 8.50. The molecule has 0 amide bonds. The standard InChI is InChI=1S/C34H36BN/c1-21(2)36(22(3)4)35(33-23(5)19-31-27-13-9-7-11-25(27)15-17-29(31)33)34-24(6)20-32-28-14-10-8-12-26(28)16-18-30(32)34/h7-18,21-22H,19-20H2,1-6H3. The summed E-state index contributed by atoms with van der Waals surface area (Å²) < 4.78 is 0. The predicted octanol–water partition coefficient (Wildman–Crippen LogP) is 8.54. The lowest BCUT2D eigenvalue weighted by atomic mass is 9.43. The van der Waals surface area contributed by atoms with Crippen molar-refractivity contribution in [3.05, 3.63) is 106 Å². The Hall–Kier alpha value is -3.10. The summed E-state index contributed by atoms with van der Waals surface area (Å²) in [5.41, 5.74) is 12.0. The molecule has 0 fully saturated rings. The molecule has 2 aliphatic carbocycles. The quantitative estimate of drug-likeness (QED) is 0.265. The van der Waals surface area contributed by atoms with Gasteiger partial charge in [-0.15, -0.1) is 0 Å². The number of fused-ring (bicyclic) bond motifs is 6. The summed E-state index contributed by atoms with van der Waals surface area (Å²) in [6, 6.07) is 28.1. The van der Waals surface area contributed by atoms with Crippen molar-refractivity contribution in [1.82, 2.24) is 4.81 Å². The highest BCUT2D eigenvalue weighted by molar-refractivity contribution is 6.93. The molecule has 0 unspecified atom stereocenters. The molecule has 0 N–H and O–H groups in total. The molecule has 1 nitrogen and oxygen atoms in total. The van der Waals surface area contributed by atoms with Crippen LogP contribution in [0.15, 0.2) is 83.9 Å². The molecular weight excluding hydrogens is 433 g/mol. The van der Waals surface area contributed by atoms with Crippen LogP contribution in [0.4, 0.5) is 0 Å². The van der Waals surface area contributed by atoms with Gasteiger partial charge in [-0.1, -0.05) is 123 Å². The Labute approximate surface area is 216 Å². The summed E-state index contributed by atoms with van der Waals surface area (Å²) >= 11 is 0. The molecule has 2 heteroatoms. The molecule has 36 heavy (non-hydrogen) atoms. The van der Waals surface area contributed by atoms with E-state index in [2.05, 4.69) is 119 Å². The van der Waals surface area contributed by atoms with E-state index in [-0.39, 0.29) is 6.85 Å². The molecular formula is C34H36BN. The Morgan fingerprint density at radius 3 is 1.42 bits per heavy atom. The lowest BCUT2D eigenvalue weighted by Crippen LogP contribution is -2.50. The molecule has 2 aliphatic rings. The van der Waals surface area contributed by atoms with Gasteiger partial charge in [-0.3, -0.25) is 0 Å². The molecule has 0 saturated carbocycles. The van der Waals surface area contributed by atoms with Crippen molar-refractivity contribution < 1.29 is 0 Å². The monoisotopic (exact) mass is 469 g/mol. The Balaban J connectivity index is 1.60. The molecule has 0 radical (unpaired) electrons. The summed E-state index contributed by atoms with van der Waals surface area (Å²) in [6.07, 6.45) is 2.09. The summed E-state index contributed by atoms with van der Waals surface area (Å²) in [5, 5.41) is 5.51. The minimum atomic E-state index is 0.245. The largest absolute Gasteiger partial charge is 0.330 e. The van der Waals surface area contributed by atoms with Gasteiger partial charge in [-0.25, -0.2) is 0 Å². The van der Waals surface area contributed by atoms with Gasteiger partial charge in [0.05, 0.1) is 0 Å². The zero-order valence-corrected chi connectivity index (χ0v) is 22.5. The summed E-state index contributed by atoms with van der Waals surface area (Å²) in [5.74, 6) is 0. The van der Waals surface area contributed by atoms with Gasteiger partial charge < -0.3 is 4.81 Å². The molecule has 4 aromatic rings. The van der Waals surface area contributed by atoms with Crippen LogP contribution < -0.4 is 0 Å². The SMILES string of the molecule is CC1=C(B(C2=C(C)Cc3c2ccc2ccccc32)N(C(C)C)C(C)C)c2ccc3ccccc3c2C1. The topological polar surface area (TPSA) is 3.24 Å². The minimum Gasteiger partial charge on any atom is -0.330 e.